The summed E-state index contributed by atoms with van der Waals surface area (Å²) in [7, 11) is 0. The van der Waals surface area contributed by atoms with Crippen LogP contribution in [0.3, 0.4) is 0 Å². The molecule has 0 aliphatic carbocycles. The summed E-state index contributed by atoms with van der Waals surface area (Å²) in [5.74, 6) is 0.618. The van der Waals surface area contributed by atoms with E-state index in [0.717, 1.165) is 5.56 Å². The molecule has 0 spiro atoms. The van der Waals surface area contributed by atoms with Crippen molar-refractivity contribution in [3.8, 4) is 22.1 Å². The molecule has 0 atom stereocenters. The lowest BCUT2D eigenvalue weighted by Crippen LogP contribution is -2.34. The number of hydrogen-bond donors (Lipinski definition) is 1. The number of ether oxygens (including phenoxy) is 2. The fourth-order valence-electron chi connectivity index (χ4n) is 3.54. The van der Waals surface area contributed by atoms with Crippen LogP contribution in [0.25, 0.3) is 10.6 Å². The zero-order chi connectivity index (χ0) is 24.9. The molecule has 3 aromatic rings. The van der Waals surface area contributed by atoms with E-state index >= 15 is 0 Å². The van der Waals surface area contributed by atoms with Gasteiger partial charge in [0.1, 0.15) is 5.01 Å². The highest BCUT2D eigenvalue weighted by Gasteiger charge is 2.21. The van der Waals surface area contributed by atoms with Crippen molar-refractivity contribution >= 4 is 34.0 Å². The zero-order valence-electron chi connectivity index (χ0n) is 19.1. The number of amides is 2. The van der Waals surface area contributed by atoms with E-state index in [1.807, 2.05) is 13.0 Å². The summed E-state index contributed by atoms with van der Waals surface area (Å²) in [6.45, 7) is 4.28. The van der Waals surface area contributed by atoms with Gasteiger partial charge in [-0.15, -0.1) is 10.2 Å². The van der Waals surface area contributed by atoms with Gasteiger partial charge >= 0.3 is 0 Å². The summed E-state index contributed by atoms with van der Waals surface area (Å²) in [5.41, 5.74) is 1.37. The molecule has 0 unspecified atom stereocenters. The van der Waals surface area contributed by atoms with Crippen molar-refractivity contribution in [3.63, 3.8) is 0 Å². The maximum Gasteiger partial charge on any atom is 0.273 e. The number of nitro groups is 1. The van der Waals surface area contributed by atoms with Crippen molar-refractivity contribution in [1.29, 1.82) is 0 Å². The van der Waals surface area contributed by atoms with Gasteiger partial charge in [-0.25, -0.2) is 0 Å². The van der Waals surface area contributed by atoms with Gasteiger partial charge in [0.2, 0.25) is 17.8 Å². The van der Waals surface area contributed by atoms with Crippen LogP contribution in [0, 0.1) is 17.0 Å². The van der Waals surface area contributed by atoms with Gasteiger partial charge in [0.15, 0.2) is 11.5 Å². The van der Waals surface area contributed by atoms with Crippen molar-refractivity contribution in [3.05, 3.63) is 57.6 Å². The molecule has 0 saturated heterocycles. The number of nitro benzene ring substituents is 1. The monoisotopic (exact) mass is 497 g/mol. The smallest absolute Gasteiger partial charge is 0.273 e. The minimum atomic E-state index is -0.510. The Morgan fingerprint density at radius 1 is 1.14 bits per heavy atom. The van der Waals surface area contributed by atoms with E-state index in [4.69, 9.17) is 9.47 Å². The lowest BCUT2D eigenvalue weighted by Gasteiger charge is -2.22. The predicted molar refractivity (Wildman–Crippen MR) is 129 cm³/mol. The summed E-state index contributed by atoms with van der Waals surface area (Å²) >= 11 is 1.22. The Labute approximate surface area is 204 Å². The van der Waals surface area contributed by atoms with Gasteiger partial charge in [-0.2, -0.15) is 0 Å². The van der Waals surface area contributed by atoms with Gasteiger partial charge in [0.25, 0.3) is 11.6 Å². The van der Waals surface area contributed by atoms with E-state index in [-0.39, 0.29) is 42.8 Å². The highest BCUT2D eigenvalue weighted by atomic mass is 32.1. The lowest BCUT2D eigenvalue weighted by atomic mass is 10.1. The van der Waals surface area contributed by atoms with Gasteiger partial charge in [-0.05, 0) is 37.6 Å². The SMILES string of the molecule is CCCN(CCC(=O)Nc1nnc(-c2ccc3c(c2)OCO3)s1)C(=O)c1ccc(C)c([N+](=O)[O-])c1. The molecule has 4 rings (SSSR count). The van der Waals surface area contributed by atoms with Crippen molar-refractivity contribution in [2.24, 2.45) is 0 Å². The van der Waals surface area contributed by atoms with Crippen LogP contribution in [0.15, 0.2) is 36.4 Å². The van der Waals surface area contributed by atoms with Crippen LogP contribution in [-0.2, 0) is 4.79 Å². The van der Waals surface area contributed by atoms with Crippen molar-refractivity contribution in [2.75, 3.05) is 25.2 Å². The molecular weight excluding hydrogens is 474 g/mol. The van der Waals surface area contributed by atoms with Gasteiger partial charge < -0.3 is 19.7 Å². The average Bonchev–Trinajstić information content (AvgIpc) is 3.50. The zero-order valence-corrected chi connectivity index (χ0v) is 20.0. The fourth-order valence-corrected chi connectivity index (χ4v) is 4.30. The molecule has 1 aromatic heterocycles. The first-order valence-electron chi connectivity index (χ1n) is 10.9. The number of aryl methyl sites for hydroxylation is 1. The first kappa shape index (κ1) is 24.1. The Hall–Kier alpha value is -4.06. The number of anilines is 1. The van der Waals surface area contributed by atoms with Crippen LogP contribution in [0.2, 0.25) is 0 Å². The first-order chi connectivity index (χ1) is 16.9. The Morgan fingerprint density at radius 3 is 2.71 bits per heavy atom. The maximum absolute atomic E-state index is 13.0. The number of benzene rings is 2. The van der Waals surface area contributed by atoms with Crippen LogP contribution < -0.4 is 14.8 Å². The molecule has 0 saturated carbocycles. The van der Waals surface area contributed by atoms with Crippen LogP contribution in [0.5, 0.6) is 11.5 Å². The van der Waals surface area contributed by atoms with E-state index in [1.54, 1.807) is 31.2 Å². The third kappa shape index (κ3) is 5.54. The summed E-state index contributed by atoms with van der Waals surface area (Å²) in [4.78, 5) is 37.7. The average molecular weight is 498 g/mol. The topological polar surface area (TPSA) is 137 Å². The molecule has 182 valence electrons. The standard InChI is InChI=1S/C23H23N5O6S/c1-3-9-27(22(30)16-5-4-14(2)17(11-16)28(31)32)10-8-20(29)24-23-26-25-21(35-23)15-6-7-18-19(12-15)34-13-33-18/h4-7,11-12H,3,8-10,13H2,1-2H3,(H,24,26,29). The van der Waals surface area contributed by atoms with Crippen molar-refractivity contribution in [2.45, 2.75) is 26.7 Å². The van der Waals surface area contributed by atoms with Crippen molar-refractivity contribution in [1.82, 2.24) is 15.1 Å². The number of hydrogen-bond acceptors (Lipinski definition) is 9. The van der Waals surface area contributed by atoms with Crippen LogP contribution in [0.4, 0.5) is 10.8 Å². The van der Waals surface area contributed by atoms with E-state index < -0.39 is 4.92 Å². The van der Waals surface area contributed by atoms with E-state index in [2.05, 4.69) is 15.5 Å². The number of carbonyl (C=O) groups excluding carboxylic acids is 2. The number of nitrogens with one attached hydrogen (secondary N) is 1. The first-order valence-corrected chi connectivity index (χ1v) is 11.7. The Bertz CT molecular complexity index is 1280. The van der Waals surface area contributed by atoms with Crippen molar-refractivity contribution < 1.29 is 24.0 Å². The third-order valence-corrected chi connectivity index (χ3v) is 6.22. The summed E-state index contributed by atoms with van der Waals surface area (Å²) < 4.78 is 10.7. The van der Waals surface area contributed by atoms with Crippen LogP contribution in [-0.4, -0.2) is 51.7 Å². The molecule has 2 heterocycles. The fraction of sp³-hybridized carbons (Fsp3) is 0.304. The van der Waals surface area contributed by atoms with Gasteiger partial charge in [-0.1, -0.05) is 24.3 Å². The molecular formula is C23H23N5O6S. The Balaban J connectivity index is 1.37. The number of nitrogens with zero attached hydrogens (tertiary/aromatic N) is 4. The number of rotatable bonds is 9. The maximum atomic E-state index is 13.0. The molecule has 1 aliphatic heterocycles. The minimum Gasteiger partial charge on any atom is -0.454 e. The Kier molecular flexibility index (Phi) is 7.20. The molecule has 11 nitrogen and oxygen atoms in total. The molecule has 12 heteroatoms. The van der Waals surface area contributed by atoms with Crippen LogP contribution >= 0.6 is 11.3 Å². The quantitative estimate of drug-likeness (QED) is 0.346. The molecule has 35 heavy (non-hydrogen) atoms. The second kappa shape index (κ2) is 10.5. The molecule has 1 aliphatic rings. The molecule has 0 radical (unpaired) electrons. The predicted octanol–water partition coefficient (Wildman–Crippen LogP) is 4.03. The second-order valence-corrected chi connectivity index (χ2v) is 8.81. The van der Waals surface area contributed by atoms with E-state index in [0.29, 0.717) is 40.2 Å². The van der Waals surface area contributed by atoms with E-state index in [1.165, 1.54) is 22.3 Å². The molecule has 1 N–H and O–H groups in total. The highest BCUT2D eigenvalue weighted by Crippen LogP contribution is 2.37. The summed E-state index contributed by atoms with van der Waals surface area (Å²) in [6, 6.07) is 9.82. The highest BCUT2D eigenvalue weighted by molar-refractivity contribution is 7.18. The summed E-state index contributed by atoms with van der Waals surface area (Å²) in [5, 5.41) is 23.0. The summed E-state index contributed by atoms with van der Waals surface area (Å²) in [6.07, 6.45) is 0.717. The van der Waals surface area contributed by atoms with Gasteiger partial charge in [-0.3, -0.25) is 19.7 Å². The van der Waals surface area contributed by atoms with Crippen LogP contribution in [0.1, 0.15) is 35.7 Å². The number of fused-ring (bicyclic) bond motifs is 1. The molecule has 0 bridgehead atoms. The minimum absolute atomic E-state index is 0.0403. The second-order valence-electron chi connectivity index (χ2n) is 7.83. The normalized spacial score (nSPS) is 11.8. The third-order valence-electron chi connectivity index (χ3n) is 5.33. The molecule has 0 fully saturated rings. The lowest BCUT2D eigenvalue weighted by molar-refractivity contribution is -0.385. The number of carbonyl (C=O) groups is 2. The molecule has 2 aromatic carbocycles. The van der Waals surface area contributed by atoms with Gasteiger partial charge in [0.05, 0.1) is 4.92 Å². The van der Waals surface area contributed by atoms with E-state index in [9.17, 15) is 19.7 Å². The Morgan fingerprint density at radius 2 is 1.94 bits per heavy atom. The largest absolute Gasteiger partial charge is 0.454 e. The molecule has 2 amide bonds. The van der Waals surface area contributed by atoms with Gasteiger partial charge in [0, 0.05) is 42.3 Å². The number of aromatic nitrogens is 2.